The molecule has 0 aliphatic heterocycles. The Hall–Kier alpha value is -2.58. The summed E-state index contributed by atoms with van der Waals surface area (Å²) in [5.74, 6) is -1.07. The van der Waals surface area contributed by atoms with Crippen LogP contribution in [0.1, 0.15) is 15.9 Å². The van der Waals surface area contributed by atoms with Crippen LogP contribution >= 0.6 is 11.6 Å². The van der Waals surface area contributed by atoms with Crippen molar-refractivity contribution in [3.63, 3.8) is 0 Å². The first-order valence-corrected chi connectivity index (χ1v) is 5.95. The molecule has 0 radical (unpaired) electrons. The zero-order chi connectivity index (χ0) is 14.7. The Morgan fingerprint density at radius 3 is 2.75 bits per heavy atom. The van der Waals surface area contributed by atoms with Crippen LogP contribution < -0.4 is 11.1 Å². The average Bonchev–Trinajstić information content (AvgIpc) is 2.43. The number of amides is 1. The van der Waals surface area contributed by atoms with Gasteiger partial charge in [0.1, 0.15) is 11.9 Å². The molecule has 2 aromatic rings. The number of nitrogens with one attached hydrogen (secondary N) is 1. The van der Waals surface area contributed by atoms with Gasteiger partial charge in [-0.3, -0.25) is 4.79 Å². The highest BCUT2D eigenvalue weighted by molar-refractivity contribution is 6.31. The lowest BCUT2D eigenvalue weighted by atomic mass is 10.1. The summed E-state index contributed by atoms with van der Waals surface area (Å²) in [7, 11) is 0. The van der Waals surface area contributed by atoms with Crippen LogP contribution in [0.3, 0.4) is 0 Å². The molecule has 100 valence electrons. The van der Waals surface area contributed by atoms with Gasteiger partial charge in [-0.05, 0) is 36.4 Å². The number of halogens is 2. The van der Waals surface area contributed by atoms with E-state index in [0.717, 1.165) is 12.1 Å². The van der Waals surface area contributed by atoms with Crippen LogP contribution in [0.15, 0.2) is 36.4 Å². The molecule has 0 aromatic heterocycles. The molecular formula is C14H9ClFN3O. The number of rotatable bonds is 2. The fraction of sp³-hybridized carbons (Fsp3) is 0. The van der Waals surface area contributed by atoms with Gasteiger partial charge in [-0.15, -0.1) is 0 Å². The second-order valence-electron chi connectivity index (χ2n) is 3.99. The number of benzene rings is 2. The largest absolute Gasteiger partial charge is 0.398 e. The number of carbonyl (C=O) groups is 1. The number of anilines is 2. The van der Waals surface area contributed by atoms with Gasteiger partial charge in [0.2, 0.25) is 0 Å². The first-order valence-electron chi connectivity index (χ1n) is 5.57. The van der Waals surface area contributed by atoms with Crippen LogP contribution in [0.5, 0.6) is 0 Å². The van der Waals surface area contributed by atoms with Gasteiger partial charge in [0.25, 0.3) is 5.91 Å². The fourth-order valence-corrected chi connectivity index (χ4v) is 1.80. The molecule has 0 aliphatic carbocycles. The Bertz CT molecular complexity index is 725. The molecule has 0 saturated heterocycles. The van der Waals surface area contributed by atoms with Gasteiger partial charge in [-0.2, -0.15) is 5.26 Å². The number of nitrogen functional groups attached to an aromatic ring is 1. The van der Waals surface area contributed by atoms with Crippen molar-refractivity contribution in [1.29, 1.82) is 5.26 Å². The minimum absolute atomic E-state index is 0.0268. The Balaban J connectivity index is 2.33. The molecule has 3 N–H and O–H groups in total. The van der Waals surface area contributed by atoms with Crippen molar-refractivity contribution >= 4 is 28.9 Å². The number of hydrogen-bond acceptors (Lipinski definition) is 3. The number of nitrogens with zero attached hydrogens (tertiary/aromatic N) is 1. The number of carbonyl (C=O) groups excluding carboxylic acids is 1. The molecule has 0 unspecified atom stereocenters. The van der Waals surface area contributed by atoms with Gasteiger partial charge in [-0.1, -0.05) is 11.6 Å². The highest BCUT2D eigenvalue weighted by atomic mass is 35.5. The molecule has 0 heterocycles. The first-order chi connectivity index (χ1) is 9.51. The van der Waals surface area contributed by atoms with Crippen molar-refractivity contribution in [2.45, 2.75) is 0 Å². The Morgan fingerprint density at radius 2 is 2.05 bits per heavy atom. The average molecular weight is 290 g/mol. The SMILES string of the molecule is N#Cc1cc(F)ccc1NC(=O)c1cc(Cl)ccc1N. The van der Waals surface area contributed by atoms with Gasteiger partial charge < -0.3 is 11.1 Å². The molecule has 20 heavy (non-hydrogen) atoms. The minimum Gasteiger partial charge on any atom is -0.398 e. The Morgan fingerprint density at radius 1 is 1.30 bits per heavy atom. The predicted molar refractivity (Wildman–Crippen MR) is 74.9 cm³/mol. The van der Waals surface area contributed by atoms with Crippen molar-refractivity contribution in [2.75, 3.05) is 11.1 Å². The topological polar surface area (TPSA) is 78.9 Å². The van der Waals surface area contributed by atoms with Crippen LogP contribution in [-0.4, -0.2) is 5.91 Å². The Kier molecular flexibility index (Phi) is 3.87. The molecule has 6 heteroatoms. The maximum Gasteiger partial charge on any atom is 0.257 e. The number of hydrogen-bond donors (Lipinski definition) is 2. The number of nitriles is 1. The van der Waals surface area contributed by atoms with E-state index in [2.05, 4.69) is 5.32 Å². The van der Waals surface area contributed by atoms with E-state index in [4.69, 9.17) is 22.6 Å². The third-order valence-electron chi connectivity index (χ3n) is 2.61. The molecule has 2 rings (SSSR count). The summed E-state index contributed by atoms with van der Waals surface area (Å²) in [6.07, 6.45) is 0. The molecule has 1 amide bonds. The summed E-state index contributed by atoms with van der Waals surface area (Å²) >= 11 is 5.81. The highest BCUT2D eigenvalue weighted by Gasteiger charge is 2.13. The molecule has 0 bridgehead atoms. The number of nitrogens with two attached hydrogens (primary N) is 1. The van der Waals surface area contributed by atoms with Crippen LogP contribution in [0.25, 0.3) is 0 Å². The lowest BCUT2D eigenvalue weighted by Crippen LogP contribution is -2.15. The smallest absolute Gasteiger partial charge is 0.257 e. The van der Waals surface area contributed by atoms with E-state index in [1.165, 1.54) is 18.2 Å². The highest BCUT2D eigenvalue weighted by Crippen LogP contribution is 2.21. The first kappa shape index (κ1) is 13.8. The third kappa shape index (κ3) is 2.87. The van der Waals surface area contributed by atoms with Crippen LogP contribution in [0.2, 0.25) is 5.02 Å². The van der Waals surface area contributed by atoms with Crippen molar-refractivity contribution in [1.82, 2.24) is 0 Å². The fourth-order valence-electron chi connectivity index (χ4n) is 1.63. The summed E-state index contributed by atoms with van der Waals surface area (Å²) in [5.41, 5.74) is 6.37. The lowest BCUT2D eigenvalue weighted by Gasteiger charge is -2.09. The van der Waals surface area contributed by atoms with Crippen molar-refractivity contribution in [3.8, 4) is 6.07 Å². The summed E-state index contributed by atoms with van der Waals surface area (Å²) in [5, 5.41) is 11.8. The minimum atomic E-state index is -0.554. The van der Waals surface area contributed by atoms with Gasteiger partial charge >= 0.3 is 0 Å². The van der Waals surface area contributed by atoms with Gasteiger partial charge in [0, 0.05) is 10.7 Å². The summed E-state index contributed by atoms with van der Waals surface area (Å²) in [6, 6.07) is 9.80. The molecule has 0 fully saturated rings. The molecule has 4 nitrogen and oxygen atoms in total. The third-order valence-corrected chi connectivity index (χ3v) is 2.85. The molecule has 0 atom stereocenters. The van der Waals surface area contributed by atoms with Crippen LogP contribution in [0, 0.1) is 17.1 Å². The van der Waals surface area contributed by atoms with Gasteiger partial charge in [0.05, 0.1) is 16.8 Å². The second-order valence-corrected chi connectivity index (χ2v) is 4.42. The van der Waals surface area contributed by atoms with E-state index in [0.29, 0.717) is 5.02 Å². The van der Waals surface area contributed by atoms with E-state index in [1.54, 1.807) is 6.07 Å². The summed E-state index contributed by atoms with van der Waals surface area (Å²) in [4.78, 5) is 12.1. The Labute approximate surface area is 119 Å². The molecule has 2 aromatic carbocycles. The molecule has 0 spiro atoms. The summed E-state index contributed by atoms with van der Waals surface area (Å²) < 4.78 is 13.0. The van der Waals surface area contributed by atoms with Gasteiger partial charge in [-0.25, -0.2) is 4.39 Å². The van der Waals surface area contributed by atoms with E-state index in [9.17, 15) is 9.18 Å². The zero-order valence-electron chi connectivity index (χ0n) is 10.2. The van der Waals surface area contributed by atoms with Crippen LogP contribution in [-0.2, 0) is 0 Å². The monoisotopic (exact) mass is 289 g/mol. The maximum atomic E-state index is 13.0. The summed E-state index contributed by atoms with van der Waals surface area (Å²) in [6.45, 7) is 0. The van der Waals surface area contributed by atoms with Crippen molar-refractivity contribution in [2.24, 2.45) is 0 Å². The van der Waals surface area contributed by atoms with E-state index in [-0.39, 0.29) is 22.5 Å². The zero-order valence-corrected chi connectivity index (χ0v) is 10.9. The van der Waals surface area contributed by atoms with Crippen molar-refractivity contribution < 1.29 is 9.18 Å². The second kappa shape index (κ2) is 5.59. The van der Waals surface area contributed by atoms with Gasteiger partial charge in [0.15, 0.2) is 0 Å². The van der Waals surface area contributed by atoms with E-state index < -0.39 is 11.7 Å². The standard InChI is InChI=1S/C14H9ClFN3O/c15-9-1-3-12(18)11(6-9)14(20)19-13-4-2-10(16)5-8(13)7-17/h1-6H,18H2,(H,19,20). The lowest BCUT2D eigenvalue weighted by molar-refractivity contribution is 0.102. The normalized spacial score (nSPS) is 9.85. The predicted octanol–water partition coefficient (Wildman–Crippen LogP) is 3.19. The quantitative estimate of drug-likeness (QED) is 0.833. The van der Waals surface area contributed by atoms with E-state index >= 15 is 0 Å². The molecule has 0 aliphatic rings. The molecule has 0 saturated carbocycles. The van der Waals surface area contributed by atoms with Crippen molar-refractivity contribution in [3.05, 3.63) is 58.4 Å². The van der Waals surface area contributed by atoms with E-state index in [1.807, 2.05) is 6.07 Å². The maximum absolute atomic E-state index is 13.0. The molecular weight excluding hydrogens is 281 g/mol. The van der Waals surface area contributed by atoms with Crippen LogP contribution in [0.4, 0.5) is 15.8 Å².